The first-order valence-corrected chi connectivity index (χ1v) is 12.2. The van der Waals surface area contributed by atoms with Crippen LogP contribution in [0.5, 0.6) is 0 Å². The van der Waals surface area contributed by atoms with E-state index in [4.69, 9.17) is 9.47 Å². The second kappa shape index (κ2) is 9.50. The Morgan fingerprint density at radius 3 is 2.61 bits per heavy atom. The summed E-state index contributed by atoms with van der Waals surface area (Å²) in [6.45, 7) is 0.658. The lowest BCUT2D eigenvalue weighted by atomic mass is 9.96. The van der Waals surface area contributed by atoms with Gasteiger partial charge in [0.1, 0.15) is 5.82 Å². The number of sulfonamides is 1. The zero-order chi connectivity index (χ0) is 22.0. The number of hydrogen-bond acceptors (Lipinski definition) is 6. The van der Waals surface area contributed by atoms with Crippen molar-refractivity contribution in [2.75, 3.05) is 26.3 Å². The van der Waals surface area contributed by atoms with E-state index in [1.54, 1.807) is 0 Å². The lowest BCUT2D eigenvalue weighted by Crippen LogP contribution is -2.57. The maximum Gasteiger partial charge on any atom is 0.243 e. The maximum atomic E-state index is 13.3. The molecule has 3 fully saturated rings. The number of halogens is 1. The predicted octanol–water partition coefficient (Wildman–Crippen LogP) is 1.04. The predicted molar refractivity (Wildman–Crippen MR) is 109 cm³/mol. The summed E-state index contributed by atoms with van der Waals surface area (Å²) in [6.07, 6.45) is 1.68. The summed E-state index contributed by atoms with van der Waals surface area (Å²) in [7, 11) is -3.98. The van der Waals surface area contributed by atoms with Gasteiger partial charge in [-0.1, -0.05) is 0 Å². The Hall–Kier alpha value is -1.59. The molecule has 2 heterocycles. The zero-order valence-corrected chi connectivity index (χ0v) is 18.1. The fourth-order valence-electron chi connectivity index (χ4n) is 4.17. The van der Waals surface area contributed by atoms with Crippen molar-refractivity contribution < 1.29 is 32.2 Å². The third kappa shape index (κ3) is 5.61. The highest BCUT2D eigenvalue weighted by Crippen LogP contribution is 2.32. The van der Waals surface area contributed by atoms with Crippen LogP contribution in [0.4, 0.5) is 4.39 Å². The summed E-state index contributed by atoms with van der Waals surface area (Å²) in [5.74, 6) is 0.00585. The Bertz CT molecular complexity index is 876. The summed E-state index contributed by atoms with van der Waals surface area (Å²) in [6, 6.07) is 4.09. The van der Waals surface area contributed by atoms with Crippen LogP contribution < -0.4 is 5.32 Å². The summed E-state index contributed by atoms with van der Waals surface area (Å²) < 4.78 is 52.8. The van der Waals surface area contributed by atoms with E-state index in [0.717, 1.165) is 25.0 Å². The van der Waals surface area contributed by atoms with Gasteiger partial charge in [0.25, 0.3) is 0 Å². The number of aliphatic hydroxyl groups is 1. The molecule has 0 bridgehead atoms. The first kappa shape index (κ1) is 22.6. The van der Waals surface area contributed by atoms with Crippen molar-refractivity contribution in [2.24, 2.45) is 5.92 Å². The quantitative estimate of drug-likeness (QED) is 0.663. The summed E-state index contributed by atoms with van der Waals surface area (Å²) in [4.78, 5) is 12.2. The number of carbonyl (C=O) groups excluding carboxylic acids is 1. The minimum atomic E-state index is -3.98. The van der Waals surface area contributed by atoms with Crippen molar-refractivity contribution in [3.63, 3.8) is 0 Å². The van der Waals surface area contributed by atoms with Crippen molar-refractivity contribution in [3.8, 4) is 0 Å². The number of rotatable bonds is 6. The molecular formula is C21H29FN2O6S. The molecule has 31 heavy (non-hydrogen) atoms. The lowest BCUT2D eigenvalue weighted by molar-refractivity contribution is -0.146. The van der Waals surface area contributed by atoms with Gasteiger partial charge in [-0.15, -0.1) is 0 Å². The van der Waals surface area contributed by atoms with Gasteiger partial charge in [-0.25, -0.2) is 12.8 Å². The number of ether oxygens (including phenoxy) is 2. The molecule has 1 aliphatic carbocycles. The Morgan fingerprint density at radius 2 is 1.90 bits per heavy atom. The Balaban J connectivity index is 1.47. The normalized spacial score (nSPS) is 30.1. The third-order valence-corrected chi connectivity index (χ3v) is 7.96. The van der Waals surface area contributed by atoms with Gasteiger partial charge < -0.3 is 19.9 Å². The van der Waals surface area contributed by atoms with Crippen LogP contribution in [0.2, 0.25) is 0 Å². The first-order chi connectivity index (χ1) is 14.8. The van der Waals surface area contributed by atoms with Crippen LogP contribution in [0.15, 0.2) is 29.2 Å². The fraction of sp³-hybridized carbons (Fsp3) is 0.667. The number of carbonyl (C=O) groups is 1. The van der Waals surface area contributed by atoms with E-state index in [-0.39, 0.29) is 43.1 Å². The molecule has 172 valence electrons. The lowest BCUT2D eigenvalue weighted by Gasteiger charge is -2.43. The molecule has 0 radical (unpaired) electrons. The molecule has 1 aromatic carbocycles. The fourth-order valence-corrected chi connectivity index (χ4v) is 5.89. The van der Waals surface area contributed by atoms with Gasteiger partial charge in [-0.3, -0.25) is 4.79 Å². The van der Waals surface area contributed by atoms with Crippen molar-refractivity contribution in [2.45, 2.75) is 61.4 Å². The molecule has 2 N–H and O–H groups in total. The number of nitrogens with one attached hydrogen (secondary N) is 1. The minimum absolute atomic E-state index is 0.0193. The number of hydrogen-bond donors (Lipinski definition) is 2. The van der Waals surface area contributed by atoms with E-state index in [1.807, 2.05) is 0 Å². The molecule has 1 saturated carbocycles. The molecule has 2 aliphatic heterocycles. The summed E-state index contributed by atoms with van der Waals surface area (Å²) in [5, 5.41) is 13.2. The van der Waals surface area contributed by atoms with Crippen molar-refractivity contribution >= 4 is 15.9 Å². The number of nitrogens with zero attached hydrogens (tertiary/aromatic N) is 1. The van der Waals surface area contributed by atoms with Gasteiger partial charge in [-0.05, 0) is 55.9 Å². The zero-order valence-electron chi connectivity index (χ0n) is 17.3. The van der Waals surface area contributed by atoms with Gasteiger partial charge >= 0.3 is 0 Å². The number of aliphatic hydroxyl groups excluding tert-OH is 1. The van der Waals surface area contributed by atoms with Gasteiger partial charge in [0, 0.05) is 13.1 Å². The SMILES string of the molecule is O=C(C[C@@H]1CC[C@@H]2[C@H](COC[C@@H](O)CN2S(=O)(=O)c2ccc(F)cc2)O1)NCC1CC1. The largest absolute Gasteiger partial charge is 0.389 e. The molecule has 0 unspecified atom stereocenters. The average Bonchev–Trinajstić information content (AvgIpc) is 3.54. The van der Waals surface area contributed by atoms with Crippen molar-refractivity contribution in [3.05, 3.63) is 30.1 Å². The Kier molecular flexibility index (Phi) is 6.92. The maximum absolute atomic E-state index is 13.3. The molecular weight excluding hydrogens is 427 g/mol. The second-order valence-electron chi connectivity index (χ2n) is 8.61. The Labute approximate surface area is 181 Å². The first-order valence-electron chi connectivity index (χ1n) is 10.8. The van der Waals surface area contributed by atoms with Crippen LogP contribution >= 0.6 is 0 Å². The van der Waals surface area contributed by atoms with Crippen LogP contribution in [0.3, 0.4) is 0 Å². The van der Waals surface area contributed by atoms with E-state index >= 15 is 0 Å². The van der Waals surface area contributed by atoms with Crippen molar-refractivity contribution in [1.29, 1.82) is 0 Å². The molecule has 0 spiro atoms. The van der Waals surface area contributed by atoms with Crippen LogP contribution in [-0.2, 0) is 24.3 Å². The summed E-state index contributed by atoms with van der Waals surface area (Å²) in [5.41, 5.74) is 0. The second-order valence-corrected chi connectivity index (χ2v) is 10.5. The highest BCUT2D eigenvalue weighted by atomic mass is 32.2. The van der Waals surface area contributed by atoms with Crippen LogP contribution in [0, 0.1) is 11.7 Å². The Morgan fingerprint density at radius 1 is 1.16 bits per heavy atom. The van der Waals surface area contributed by atoms with Gasteiger partial charge in [0.15, 0.2) is 0 Å². The highest BCUT2D eigenvalue weighted by molar-refractivity contribution is 7.89. The van der Waals surface area contributed by atoms with Crippen LogP contribution in [0.25, 0.3) is 0 Å². The van der Waals surface area contributed by atoms with E-state index in [9.17, 15) is 22.7 Å². The van der Waals surface area contributed by atoms with E-state index in [0.29, 0.717) is 25.3 Å². The number of benzene rings is 1. The summed E-state index contributed by atoms with van der Waals surface area (Å²) >= 11 is 0. The average molecular weight is 457 g/mol. The molecule has 4 rings (SSSR count). The highest BCUT2D eigenvalue weighted by Gasteiger charge is 2.43. The molecule has 0 aromatic heterocycles. The van der Waals surface area contributed by atoms with E-state index < -0.39 is 34.1 Å². The molecule has 10 heteroatoms. The van der Waals surface area contributed by atoms with E-state index in [1.165, 1.54) is 16.4 Å². The van der Waals surface area contributed by atoms with Gasteiger partial charge in [-0.2, -0.15) is 4.31 Å². The molecule has 2 saturated heterocycles. The smallest absolute Gasteiger partial charge is 0.243 e. The molecule has 4 atom stereocenters. The van der Waals surface area contributed by atoms with E-state index in [2.05, 4.69) is 5.32 Å². The molecule has 3 aliphatic rings. The van der Waals surface area contributed by atoms with Crippen LogP contribution in [0.1, 0.15) is 32.1 Å². The van der Waals surface area contributed by atoms with Crippen molar-refractivity contribution in [1.82, 2.24) is 9.62 Å². The molecule has 1 aromatic rings. The number of β-amino-alcohol motifs (C(OH)–C–C–N with tert-alkyl or cyclic N) is 1. The monoisotopic (exact) mass is 456 g/mol. The number of fused-ring (bicyclic) bond motifs is 1. The minimum Gasteiger partial charge on any atom is -0.389 e. The third-order valence-electron chi connectivity index (χ3n) is 6.05. The van der Waals surface area contributed by atoms with Gasteiger partial charge in [0.05, 0.1) is 48.9 Å². The molecule has 1 amide bonds. The standard InChI is InChI=1S/C21H29FN2O6S/c22-15-3-6-18(7-4-15)31(27,28)24-11-16(25)12-29-13-20-19(24)8-5-17(30-20)9-21(26)23-10-14-1-2-14/h3-4,6-7,14,16-17,19-20,25H,1-2,5,8-13H2,(H,23,26)/t16-,17-,19+,20-/m0/s1. The van der Waals surface area contributed by atoms with Gasteiger partial charge in [0.2, 0.25) is 15.9 Å². The number of amides is 1. The van der Waals surface area contributed by atoms with Crippen LogP contribution in [-0.4, -0.2) is 74.4 Å². The topological polar surface area (TPSA) is 105 Å². The molecule has 8 nitrogen and oxygen atoms in total.